The minimum Gasteiger partial charge on any atom is -0.311 e. The third-order valence-corrected chi connectivity index (χ3v) is 5.17. The van der Waals surface area contributed by atoms with E-state index in [0.29, 0.717) is 17.5 Å². The minimum atomic E-state index is -0.243. The van der Waals surface area contributed by atoms with Crippen LogP contribution in [0.4, 0.5) is 0 Å². The van der Waals surface area contributed by atoms with Crippen LogP contribution in [-0.4, -0.2) is 12.1 Å². The van der Waals surface area contributed by atoms with Crippen LogP contribution in [0.2, 0.25) is 0 Å². The number of nitrogens with zero attached hydrogens (tertiary/aromatic N) is 1. The first kappa shape index (κ1) is 13.6. The molecule has 1 aromatic carbocycles. The molecule has 0 spiro atoms. The summed E-state index contributed by atoms with van der Waals surface area (Å²) in [6, 6.07) is 14.0. The van der Waals surface area contributed by atoms with Crippen LogP contribution in [-0.2, 0) is 5.41 Å². The van der Waals surface area contributed by atoms with Crippen molar-refractivity contribution < 1.29 is 0 Å². The van der Waals surface area contributed by atoms with Gasteiger partial charge in [-0.05, 0) is 43.1 Å². The van der Waals surface area contributed by atoms with Crippen LogP contribution in [0.15, 0.2) is 30.3 Å². The number of rotatable bonds is 3. The molecule has 1 unspecified atom stereocenters. The molecule has 0 amide bonds. The summed E-state index contributed by atoms with van der Waals surface area (Å²) in [6.45, 7) is 4.72. The first-order valence-electron chi connectivity index (χ1n) is 7.76. The molecule has 106 valence electrons. The monoisotopic (exact) mass is 268 g/mol. The maximum Gasteiger partial charge on any atom is 0.0852 e. The normalized spacial score (nSPS) is 35.2. The van der Waals surface area contributed by atoms with E-state index in [2.05, 4.69) is 37.4 Å². The largest absolute Gasteiger partial charge is 0.311 e. The van der Waals surface area contributed by atoms with Crippen molar-refractivity contribution in [3.63, 3.8) is 0 Å². The molecule has 1 atom stereocenters. The topological polar surface area (TPSA) is 35.8 Å². The summed E-state index contributed by atoms with van der Waals surface area (Å²) in [5, 5.41) is 13.4. The van der Waals surface area contributed by atoms with E-state index in [0.717, 1.165) is 12.8 Å². The molecule has 2 fully saturated rings. The number of hydrogen-bond acceptors (Lipinski definition) is 2. The Hall–Kier alpha value is -1.33. The second-order valence-electron chi connectivity index (χ2n) is 7.44. The van der Waals surface area contributed by atoms with E-state index in [1.807, 2.05) is 18.2 Å². The van der Waals surface area contributed by atoms with Crippen LogP contribution in [0.25, 0.3) is 0 Å². The minimum absolute atomic E-state index is 0.243. The molecule has 2 saturated carbocycles. The van der Waals surface area contributed by atoms with E-state index < -0.39 is 0 Å². The lowest BCUT2D eigenvalue weighted by atomic mass is 9.62. The van der Waals surface area contributed by atoms with Crippen LogP contribution in [0.5, 0.6) is 0 Å². The summed E-state index contributed by atoms with van der Waals surface area (Å²) in [4.78, 5) is 0. The van der Waals surface area contributed by atoms with Crippen molar-refractivity contribution in [3.05, 3.63) is 35.9 Å². The average molecular weight is 268 g/mol. The van der Waals surface area contributed by atoms with Gasteiger partial charge in [0.2, 0.25) is 0 Å². The van der Waals surface area contributed by atoms with Gasteiger partial charge in [0.25, 0.3) is 0 Å². The first-order valence-corrected chi connectivity index (χ1v) is 7.76. The lowest BCUT2D eigenvalue weighted by Crippen LogP contribution is -2.53. The Morgan fingerprint density at radius 2 is 1.80 bits per heavy atom. The Kier molecular flexibility index (Phi) is 3.34. The van der Waals surface area contributed by atoms with E-state index in [4.69, 9.17) is 0 Å². The van der Waals surface area contributed by atoms with Crippen LogP contribution in [0.1, 0.15) is 51.5 Å². The van der Waals surface area contributed by atoms with Gasteiger partial charge in [-0.1, -0.05) is 44.2 Å². The van der Waals surface area contributed by atoms with Crippen LogP contribution >= 0.6 is 0 Å². The molecule has 20 heavy (non-hydrogen) atoms. The standard InChI is InChI=1S/C18H24N2/c1-17(2)9-8-15(10-17)20-16-11-18(12-16,13-19)14-6-4-3-5-7-14/h3-7,15-16,20H,8-12H2,1-2H3. The van der Waals surface area contributed by atoms with E-state index in [1.165, 1.54) is 24.8 Å². The van der Waals surface area contributed by atoms with Gasteiger partial charge in [-0.3, -0.25) is 0 Å². The lowest BCUT2D eigenvalue weighted by Gasteiger charge is -2.44. The van der Waals surface area contributed by atoms with Crippen molar-refractivity contribution >= 4 is 0 Å². The van der Waals surface area contributed by atoms with Gasteiger partial charge < -0.3 is 5.32 Å². The van der Waals surface area contributed by atoms with Gasteiger partial charge in [0.15, 0.2) is 0 Å². The highest BCUT2D eigenvalue weighted by molar-refractivity contribution is 5.36. The highest BCUT2D eigenvalue weighted by Crippen LogP contribution is 2.45. The molecule has 2 nitrogen and oxygen atoms in total. The van der Waals surface area contributed by atoms with Crippen molar-refractivity contribution in [1.82, 2.24) is 5.32 Å². The molecule has 1 aromatic rings. The summed E-state index contributed by atoms with van der Waals surface area (Å²) in [5.74, 6) is 0. The molecule has 0 bridgehead atoms. The molecule has 3 rings (SSSR count). The maximum atomic E-state index is 9.57. The summed E-state index contributed by atoms with van der Waals surface area (Å²) < 4.78 is 0. The maximum absolute atomic E-state index is 9.57. The van der Waals surface area contributed by atoms with E-state index >= 15 is 0 Å². The van der Waals surface area contributed by atoms with Gasteiger partial charge >= 0.3 is 0 Å². The van der Waals surface area contributed by atoms with Crippen LogP contribution < -0.4 is 5.32 Å². The van der Waals surface area contributed by atoms with Gasteiger partial charge in [-0.25, -0.2) is 0 Å². The fourth-order valence-corrected chi connectivity index (χ4v) is 3.96. The zero-order valence-corrected chi connectivity index (χ0v) is 12.5. The van der Waals surface area contributed by atoms with Crippen molar-refractivity contribution in [2.45, 2.75) is 63.5 Å². The van der Waals surface area contributed by atoms with Crippen molar-refractivity contribution in [1.29, 1.82) is 5.26 Å². The second kappa shape index (κ2) is 4.90. The van der Waals surface area contributed by atoms with Crippen LogP contribution in [0.3, 0.4) is 0 Å². The molecular formula is C18H24N2. The zero-order valence-electron chi connectivity index (χ0n) is 12.5. The SMILES string of the molecule is CC1(C)CCC(NC2CC(C#N)(c3ccccc3)C2)C1. The number of hydrogen-bond donors (Lipinski definition) is 1. The molecule has 0 radical (unpaired) electrons. The highest BCUT2D eigenvalue weighted by atomic mass is 15.0. The molecular weight excluding hydrogens is 244 g/mol. The molecule has 1 N–H and O–H groups in total. The van der Waals surface area contributed by atoms with E-state index in [-0.39, 0.29) is 5.41 Å². The van der Waals surface area contributed by atoms with Crippen molar-refractivity contribution in [2.24, 2.45) is 5.41 Å². The van der Waals surface area contributed by atoms with Gasteiger partial charge in [0, 0.05) is 12.1 Å². The average Bonchev–Trinajstić information content (AvgIpc) is 2.74. The Morgan fingerprint density at radius 3 is 2.35 bits per heavy atom. The van der Waals surface area contributed by atoms with Crippen molar-refractivity contribution in [2.75, 3.05) is 0 Å². The smallest absolute Gasteiger partial charge is 0.0852 e. The number of benzene rings is 1. The molecule has 0 saturated heterocycles. The Bertz CT molecular complexity index is 506. The molecule has 0 heterocycles. The van der Waals surface area contributed by atoms with Gasteiger partial charge in [0.1, 0.15) is 0 Å². The summed E-state index contributed by atoms with van der Waals surface area (Å²) in [7, 11) is 0. The third kappa shape index (κ3) is 2.47. The summed E-state index contributed by atoms with van der Waals surface area (Å²) >= 11 is 0. The summed E-state index contributed by atoms with van der Waals surface area (Å²) in [5.41, 5.74) is 1.44. The van der Waals surface area contributed by atoms with Gasteiger partial charge in [-0.2, -0.15) is 5.26 Å². The molecule has 2 heteroatoms. The second-order valence-corrected chi connectivity index (χ2v) is 7.44. The fraction of sp³-hybridized carbons (Fsp3) is 0.611. The molecule has 2 aliphatic rings. The number of nitriles is 1. The predicted octanol–water partition coefficient (Wildman–Crippen LogP) is 3.78. The zero-order chi connectivity index (χ0) is 14.2. The van der Waals surface area contributed by atoms with Crippen LogP contribution in [0, 0.1) is 16.7 Å². The first-order chi connectivity index (χ1) is 9.53. The fourth-order valence-electron chi connectivity index (χ4n) is 3.96. The quantitative estimate of drug-likeness (QED) is 0.905. The Morgan fingerprint density at radius 1 is 1.10 bits per heavy atom. The molecule has 2 aliphatic carbocycles. The van der Waals surface area contributed by atoms with Gasteiger partial charge in [-0.15, -0.1) is 0 Å². The lowest BCUT2D eigenvalue weighted by molar-refractivity contribution is 0.205. The van der Waals surface area contributed by atoms with E-state index in [9.17, 15) is 5.26 Å². The summed E-state index contributed by atoms with van der Waals surface area (Å²) in [6.07, 6.45) is 5.80. The van der Waals surface area contributed by atoms with Crippen molar-refractivity contribution in [3.8, 4) is 6.07 Å². The Labute approximate surface area is 122 Å². The Balaban J connectivity index is 1.59. The predicted molar refractivity (Wildman–Crippen MR) is 81.3 cm³/mol. The highest BCUT2D eigenvalue weighted by Gasteiger charge is 2.47. The third-order valence-electron chi connectivity index (χ3n) is 5.17. The number of nitrogens with one attached hydrogen (secondary N) is 1. The molecule has 0 aliphatic heterocycles. The van der Waals surface area contributed by atoms with Gasteiger partial charge in [0.05, 0.1) is 11.5 Å². The molecule has 0 aromatic heterocycles. The van der Waals surface area contributed by atoms with E-state index in [1.54, 1.807) is 0 Å².